The minimum absolute atomic E-state index is 0.0170. The summed E-state index contributed by atoms with van der Waals surface area (Å²) in [6.07, 6.45) is 1.41. The Morgan fingerprint density at radius 2 is 2.44 bits per heavy atom. The van der Waals surface area contributed by atoms with Crippen molar-refractivity contribution in [2.24, 2.45) is 0 Å². The van der Waals surface area contributed by atoms with Crippen LogP contribution in [0.15, 0.2) is 23.7 Å². The SMILES string of the molecule is COC(=O)c1cnnn1C(C)c1cccs1. The Kier molecular flexibility index (Phi) is 3.00. The van der Waals surface area contributed by atoms with E-state index in [0.29, 0.717) is 5.69 Å². The molecule has 0 spiro atoms. The van der Waals surface area contributed by atoms with E-state index in [0.717, 1.165) is 4.88 Å². The molecule has 6 heteroatoms. The van der Waals surface area contributed by atoms with Crippen molar-refractivity contribution in [3.05, 3.63) is 34.3 Å². The molecule has 0 aliphatic heterocycles. The van der Waals surface area contributed by atoms with Crippen LogP contribution < -0.4 is 0 Å². The van der Waals surface area contributed by atoms with E-state index in [9.17, 15) is 4.79 Å². The molecule has 5 nitrogen and oxygen atoms in total. The van der Waals surface area contributed by atoms with E-state index < -0.39 is 5.97 Å². The smallest absolute Gasteiger partial charge is 0.358 e. The zero-order valence-electron chi connectivity index (χ0n) is 8.95. The summed E-state index contributed by atoms with van der Waals surface area (Å²) in [5.41, 5.74) is 0.364. The average molecular weight is 237 g/mol. The minimum atomic E-state index is -0.423. The molecule has 0 saturated carbocycles. The largest absolute Gasteiger partial charge is 0.464 e. The molecule has 0 aliphatic rings. The summed E-state index contributed by atoms with van der Waals surface area (Å²) in [6.45, 7) is 1.97. The van der Waals surface area contributed by atoms with E-state index in [1.165, 1.54) is 13.3 Å². The summed E-state index contributed by atoms with van der Waals surface area (Å²) in [5, 5.41) is 9.64. The number of hydrogen-bond acceptors (Lipinski definition) is 5. The summed E-state index contributed by atoms with van der Waals surface area (Å²) >= 11 is 1.62. The molecule has 2 aromatic heterocycles. The van der Waals surface area contributed by atoms with E-state index in [1.807, 2.05) is 24.4 Å². The molecule has 0 fully saturated rings. The van der Waals surface area contributed by atoms with Gasteiger partial charge in [0.25, 0.3) is 0 Å². The van der Waals surface area contributed by atoms with Gasteiger partial charge in [0, 0.05) is 4.88 Å². The summed E-state index contributed by atoms with van der Waals surface area (Å²) in [4.78, 5) is 12.6. The number of esters is 1. The maximum atomic E-state index is 11.4. The molecule has 2 rings (SSSR count). The lowest BCUT2D eigenvalue weighted by atomic mass is 10.2. The molecule has 0 radical (unpaired) electrons. The number of rotatable bonds is 3. The maximum absolute atomic E-state index is 11.4. The van der Waals surface area contributed by atoms with Gasteiger partial charge >= 0.3 is 5.97 Å². The fourth-order valence-electron chi connectivity index (χ4n) is 1.43. The van der Waals surface area contributed by atoms with Crippen molar-refractivity contribution in [3.8, 4) is 0 Å². The first kappa shape index (κ1) is 10.8. The zero-order valence-corrected chi connectivity index (χ0v) is 9.77. The van der Waals surface area contributed by atoms with Crippen molar-refractivity contribution in [2.75, 3.05) is 7.11 Å². The Morgan fingerprint density at radius 3 is 3.06 bits per heavy atom. The van der Waals surface area contributed by atoms with Gasteiger partial charge in [0.15, 0.2) is 5.69 Å². The molecule has 1 unspecified atom stereocenters. The lowest BCUT2D eigenvalue weighted by molar-refractivity contribution is 0.0585. The van der Waals surface area contributed by atoms with Gasteiger partial charge in [-0.1, -0.05) is 11.3 Å². The van der Waals surface area contributed by atoms with Crippen LogP contribution in [0.5, 0.6) is 0 Å². The highest BCUT2D eigenvalue weighted by atomic mass is 32.1. The molecule has 0 aliphatic carbocycles. The molecular formula is C10H11N3O2S. The fraction of sp³-hybridized carbons (Fsp3) is 0.300. The van der Waals surface area contributed by atoms with Crippen molar-refractivity contribution in [2.45, 2.75) is 13.0 Å². The fourth-order valence-corrected chi connectivity index (χ4v) is 2.20. The Bertz CT molecular complexity index is 478. The molecular weight excluding hydrogens is 226 g/mol. The van der Waals surface area contributed by atoms with Gasteiger partial charge in [-0.15, -0.1) is 16.4 Å². The van der Waals surface area contributed by atoms with Crippen LogP contribution in [0.4, 0.5) is 0 Å². The molecule has 2 heterocycles. The van der Waals surface area contributed by atoms with E-state index in [-0.39, 0.29) is 6.04 Å². The predicted molar refractivity (Wildman–Crippen MR) is 59.5 cm³/mol. The van der Waals surface area contributed by atoms with Crippen LogP contribution in [0, 0.1) is 0 Å². The number of aromatic nitrogens is 3. The molecule has 0 aromatic carbocycles. The van der Waals surface area contributed by atoms with Crippen molar-refractivity contribution in [1.29, 1.82) is 0 Å². The molecule has 0 saturated heterocycles. The number of thiophene rings is 1. The zero-order chi connectivity index (χ0) is 11.5. The Balaban J connectivity index is 2.34. The molecule has 0 amide bonds. The highest BCUT2D eigenvalue weighted by Crippen LogP contribution is 2.22. The van der Waals surface area contributed by atoms with Crippen molar-refractivity contribution >= 4 is 17.3 Å². The highest BCUT2D eigenvalue weighted by molar-refractivity contribution is 7.10. The van der Waals surface area contributed by atoms with Crippen molar-refractivity contribution < 1.29 is 9.53 Å². The second-order valence-electron chi connectivity index (χ2n) is 3.25. The van der Waals surface area contributed by atoms with Gasteiger partial charge in [-0.05, 0) is 18.4 Å². The van der Waals surface area contributed by atoms with Gasteiger partial charge in [-0.2, -0.15) is 0 Å². The Morgan fingerprint density at radius 1 is 1.62 bits per heavy atom. The van der Waals surface area contributed by atoms with Crippen LogP contribution in [0.1, 0.15) is 28.3 Å². The first-order valence-electron chi connectivity index (χ1n) is 4.76. The highest BCUT2D eigenvalue weighted by Gasteiger charge is 2.19. The van der Waals surface area contributed by atoms with Gasteiger partial charge in [0.05, 0.1) is 19.3 Å². The van der Waals surface area contributed by atoms with Crippen LogP contribution >= 0.6 is 11.3 Å². The minimum Gasteiger partial charge on any atom is -0.464 e. The number of methoxy groups -OCH3 is 1. The summed E-state index contributed by atoms with van der Waals surface area (Å²) in [6, 6.07) is 3.94. The second kappa shape index (κ2) is 4.44. The first-order chi connectivity index (χ1) is 7.74. The summed E-state index contributed by atoms with van der Waals surface area (Å²) < 4.78 is 6.23. The van der Waals surface area contributed by atoms with Crippen LogP contribution in [-0.4, -0.2) is 28.1 Å². The normalized spacial score (nSPS) is 12.4. The van der Waals surface area contributed by atoms with Gasteiger partial charge < -0.3 is 4.74 Å². The van der Waals surface area contributed by atoms with Gasteiger partial charge in [0.2, 0.25) is 0 Å². The van der Waals surface area contributed by atoms with Crippen molar-refractivity contribution in [3.63, 3.8) is 0 Å². The third-order valence-corrected chi connectivity index (χ3v) is 3.33. The third kappa shape index (κ3) is 1.83. The number of carbonyl (C=O) groups is 1. The van der Waals surface area contributed by atoms with Crippen LogP contribution in [-0.2, 0) is 4.74 Å². The monoisotopic (exact) mass is 237 g/mol. The number of hydrogen-bond donors (Lipinski definition) is 0. The standard InChI is InChI=1S/C10H11N3O2S/c1-7(9-4-3-5-16-9)13-8(6-11-12-13)10(14)15-2/h3-7H,1-2H3. The van der Waals surface area contributed by atoms with Gasteiger partial charge in [-0.3, -0.25) is 0 Å². The van der Waals surface area contributed by atoms with Gasteiger partial charge in [0.1, 0.15) is 0 Å². The van der Waals surface area contributed by atoms with E-state index in [1.54, 1.807) is 16.0 Å². The number of nitrogens with zero attached hydrogens (tertiary/aromatic N) is 3. The topological polar surface area (TPSA) is 57.0 Å². The molecule has 0 bridgehead atoms. The third-order valence-electron chi connectivity index (χ3n) is 2.29. The average Bonchev–Trinajstić information content (AvgIpc) is 2.97. The molecule has 2 aromatic rings. The van der Waals surface area contributed by atoms with Crippen LogP contribution in [0.25, 0.3) is 0 Å². The lowest BCUT2D eigenvalue weighted by Crippen LogP contribution is -2.15. The predicted octanol–water partition coefficient (Wildman–Crippen LogP) is 1.74. The van der Waals surface area contributed by atoms with E-state index in [2.05, 4.69) is 15.0 Å². The summed E-state index contributed by atoms with van der Waals surface area (Å²) in [5.74, 6) is -0.423. The molecule has 16 heavy (non-hydrogen) atoms. The van der Waals surface area contributed by atoms with Gasteiger partial charge in [-0.25, -0.2) is 9.48 Å². The Hall–Kier alpha value is -1.69. The molecule has 1 atom stereocenters. The van der Waals surface area contributed by atoms with E-state index in [4.69, 9.17) is 0 Å². The molecule has 0 N–H and O–H groups in total. The molecule has 84 valence electrons. The van der Waals surface area contributed by atoms with Crippen LogP contribution in [0.3, 0.4) is 0 Å². The quantitative estimate of drug-likeness (QED) is 0.763. The van der Waals surface area contributed by atoms with E-state index >= 15 is 0 Å². The van der Waals surface area contributed by atoms with Crippen LogP contribution in [0.2, 0.25) is 0 Å². The summed E-state index contributed by atoms with van der Waals surface area (Å²) in [7, 11) is 1.34. The maximum Gasteiger partial charge on any atom is 0.358 e. The Labute approximate surface area is 96.7 Å². The number of carbonyl (C=O) groups excluding carboxylic acids is 1. The second-order valence-corrected chi connectivity index (χ2v) is 4.23. The first-order valence-corrected chi connectivity index (χ1v) is 5.64. The number of ether oxygens (including phenoxy) is 1. The van der Waals surface area contributed by atoms with Crippen molar-refractivity contribution in [1.82, 2.24) is 15.0 Å². The lowest BCUT2D eigenvalue weighted by Gasteiger charge is -2.11.